The van der Waals surface area contributed by atoms with E-state index < -0.39 is 0 Å². The Hall–Kier alpha value is -3.56. The molecule has 0 radical (unpaired) electrons. The molecular formula is C26H25N3O4S2. The summed E-state index contributed by atoms with van der Waals surface area (Å²) in [6.07, 6.45) is 4.51. The fourth-order valence-electron chi connectivity index (χ4n) is 3.51. The van der Waals surface area contributed by atoms with Crippen LogP contribution in [0.15, 0.2) is 59.3 Å². The molecule has 0 amide bonds. The summed E-state index contributed by atoms with van der Waals surface area (Å²) < 4.78 is 7.03. The second kappa shape index (κ2) is 10.8. The number of aryl methyl sites for hydroxylation is 2. The maximum atomic E-state index is 12.7. The summed E-state index contributed by atoms with van der Waals surface area (Å²) in [6.45, 7) is 1.72. The number of carbonyl (C=O) groups is 2. The van der Waals surface area contributed by atoms with Crippen LogP contribution in [-0.2, 0) is 13.5 Å². The second-order valence-electron chi connectivity index (χ2n) is 8.00. The Morgan fingerprint density at radius 1 is 1.11 bits per heavy atom. The number of benzene rings is 1. The first kappa shape index (κ1) is 24.6. The van der Waals surface area contributed by atoms with Crippen LogP contribution in [0.4, 0.5) is 0 Å². The van der Waals surface area contributed by atoms with Crippen molar-refractivity contribution < 1.29 is 19.4 Å². The van der Waals surface area contributed by atoms with Gasteiger partial charge in [0.25, 0.3) is 0 Å². The van der Waals surface area contributed by atoms with E-state index in [1.807, 2.05) is 47.5 Å². The molecule has 0 aliphatic rings. The summed E-state index contributed by atoms with van der Waals surface area (Å²) in [5, 5.41) is 12.6. The van der Waals surface area contributed by atoms with Gasteiger partial charge in [-0.25, -0.2) is 4.98 Å². The van der Waals surface area contributed by atoms with Crippen molar-refractivity contribution in [1.82, 2.24) is 9.55 Å². The summed E-state index contributed by atoms with van der Waals surface area (Å²) in [7, 11) is 3.49. The molecule has 0 aliphatic carbocycles. The van der Waals surface area contributed by atoms with Gasteiger partial charge >= 0.3 is 0 Å². The number of aliphatic imine (C=N–C) groups is 1. The highest BCUT2D eigenvalue weighted by Gasteiger charge is 2.17. The number of nitrogens with zero attached hydrogens (tertiary/aromatic N) is 3. The van der Waals surface area contributed by atoms with Crippen LogP contribution in [0.5, 0.6) is 11.5 Å². The molecule has 0 atom stereocenters. The molecule has 3 heterocycles. The number of ketones is 2. The number of ether oxygens (including phenoxy) is 1. The Morgan fingerprint density at radius 3 is 2.49 bits per heavy atom. The van der Waals surface area contributed by atoms with Crippen LogP contribution < -0.4 is 4.74 Å². The molecule has 4 rings (SSSR count). The lowest BCUT2D eigenvalue weighted by molar-refractivity contribution is 0.0984. The lowest BCUT2D eigenvalue weighted by Gasteiger charge is -2.03. The quantitative estimate of drug-likeness (QED) is 0.228. The number of thiophene rings is 2. The minimum Gasteiger partial charge on any atom is -0.506 e. The zero-order chi connectivity index (χ0) is 24.9. The van der Waals surface area contributed by atoms with Gasteiger partial charge in [0.1, 0.15) is 18.0 Å². The minimum atomic E-state index is -0.164. The third-order valence-electron chi connectivity index (χ3n) is 5.49. The van der Waals surface area contributed by atoms with Crippen molar-refractivity contribution >= 4 is 40.0 Å². The van der Waals surface area contributed by atoms with Gasteiger partial charge in [-0.3, -0.25) is 14.6 Å². The molecule has 0 aliphatic heterocycles. The number of hydrogen-bond donors (Lipinski definition) is 1. The van der Waals surface area contributed by atoms with Gasteiger partial charge in [0.15, 0.2) is 11.6 Å². The van der Waals surface area contributed by atoms with Gasteiger partial charge in [-0.15, -0.1) is 22.7 Å². The molecular weight excluding hydrogens is 482 g/mol. The van der Waals surface area contributed by atoms with Gasteiger partial charge in [0, 0.05) is 36.3 Å². The molecule has 0 unspecified atom stereocenters. The zero-order valence-corrected chi connectivity index (χ0v) is 21.3. The first-order valence-electron chi connectivity index (χ1n) is 10.9. The number of aromatic nitrogens is 2. The van der Waals surface area contributed by atoms with Crippen molar-refractivity contribution in [1.29, 1.82) is 0 Å². The summed E-state index contributed by atoms with van der Waals surface area (Å²) in [5.74, 6) is 0.718. The Balaban J connectivity index is 1.38. The predicted molar refractivity (Wildman–Crippen MR) is 140 cm³/mol. The summed E-state index contributed by atoms with van der Waals surface area (Å²) in [4.78, 5) is 35.6. The highest BCUT2D eigenvalue weighted by atomic mass is 32.1. The van der Waals surface area contributed by atoms with Crippen molar-refractivity contribution in [2.45, 2.75) is 19.8 Å². The number of aromatic hydroxyl groups is 1. The van der Waals surface area contributed by atoms with Crippen LogP contribution in [0.1, 0.15) is 43.9 Å². The van der Waals surface area contributed by atoms with Crippen LogP contribution in [0.2, 0.25) is 0 Å². The highest BCUT2D eigenvalue weighted by molar-refractivity contribution is 7.16. The number of hydrogen-bond acceptors (Lipinski definition) is 8. The summed E-state index contributed by atoms with van der Waals surface area (Å²) in [6, 6.07) is 10.8. The standard InChI is InChI=1S/C26H25N3O4S2/c1-16(20-14-34-26(25(20)32)17-4-7-19(33-3)8-5-17)27-12-22(31)24-11-10-23(35-24)21(30)9-6-18-13-29(2)15-28-18/h4-5,7-8,10-11,13-15,32H,6,9,12H2,1-3H3. The zero-order valence-electron chi connectivity index (χ0n) is 19.6. The van der Waals surface area contributed by atoms with E-state index in [2.05, 4.69) is 9.98 Å². The van der Waals surface area contributed by atoms with E-state index in [0.717, 1.165) is 21.9 Å². The molecule has 1 aromatic carbocycles. The Morgan fingerprint density at radius 2 is 1.83 bits per heavy atom. The van der Waals surface area contributed by atoms with Crippen molar-refractivity contribution in [3.63, 3.8) is 0 Å². The molecule has 35 heavy (non-hydrogen) atoms. The third-order valence-corrected chi connectivity index (χ3v) is 7.67. The van der Waals surface area contributed by atoms with Crippen LogP contribution >= 0.6 is 22.7 Å². The van der Waals surface area contributed by atoms with Crippen LogP contribution in [0.25, 0.3) is 10.4 Å². The van der Waals surface area contributed by atoms with Crippen LogP contribution in [0, 0.1) is 0 Å². The average molecular weight is 508 g/mol. The van der Waals surface area contributed by atoms with Gasteiger partial charge in [-0.05, 0) is 55.3 Å². The smallest absolute Gasteiger partial charge is 0.194 e. The van der Waals surface area contributed by atoms with Gasteiger partial charge < -0.3 is 14.4 Å². The maximum Gasteiger partial charge on any atom is 0.194 e. The van der Waals surface area contributed by atoms with Crippen molar-refractivity contribution in [3.8, 4) is 21.9 Å². The largest absolute Gasteiger partial charge is 0.506 e. The Bertz CT molecular complexity index is 1380. The normalized spacial score (nSPS) is 11.6. The number of imidazole rings is 1. The first-order valence-corrected chi connectivity index (χ1v) is 12.6. The fraction of sp³-hybridized carbons (Fsp3) is 0.231. The van der Waals surface area contributed by atoms with Gasteiger partial charge in [0.05, 0.1) is 33.8 Å². The molecule has 4 aromatic rings. The van der Waals surface area contributed by atoms with Crippen LogP contribution in [0.3, 0.4) is 0 Å². The van der Waals surface area contributed by atoms with E-state index in [9.17, 15) is 14.7 Å². The Kier molecular flexibility index (Phi) is 7.57. The van der Waals surface area contributed by atoms with Crippen molar-refractivity contribution in [2.75, 3.05) is 13.7 Å². The van der Waals surface area contributed by atoms with E-state index in [0.29, 0.717) is 33.9 Å². The first-order chi connectivity index (χ1) is 16.9. The number of Topliss-reactive ketones (excluding diaryl/α,β-unsaturated/α-hetero) is 2. The molecule has 0 bridgehead atoms. The molecule has 3 aromatic heterocycles. The van der Waals surface area contributed by atoms with E-state index in [1.54, 1.807) is 32.5 Å². The third kappa shape index (κ3) is 5.75. The van der Waals surface area contributed by atoms with E-state index in [-0.39, 0.29) is 23.9 Å². The van der Waals surface area contributed by atoms with Gasteiger partial charge in [0.2, 0.25) is 0 Å². The average Bonchev–Trinajstić information content (AvgIpc) is 3.61. The Labute approximate surface area is 211 Å². The number of carbonyl (C=O) groups excluding carboxylic acids is 2. The van der Waals surface area contributed by atoms with E-state index in [4.69, 9.17) is 4.74 Å². The molecule has 0 spiro atoms. The monoisotopic (exact) mass is 507 g/mol. The molecule has 180 valence electrons. The van der Waals surface area contributed by atoms with E-state index >= 15 is 0 Å². The highest BCUT2D eigenvalue weighted by Crippen LogP contribution is 2.39. The number of rotatable bonds is 10. The lowest BCUT2D eigenvalue weighted by Crippen LogP contribution is -2.04. The summed E-state index contributed by atoms with van der Waals surface area (Å²) >= 11 is 2.61. The molecule has 7 nitrogen and oxygen atoms in total. The SMILES string of the molecule is COc1ccc(-c2scc(C(C)=NCC(=O)c3ccc(C(=O)CCc4cn(C)cn4)s3)c2O)cc1. The predicted octanol–water partition coefficient (Wildman–Crippen LogP) is 5.43. The van der Waals surface area contributed by atoms with Gasteiger partial charge in [-0.2, -0.15) is 0 Å². The molecule has 0 saturated carbocycles. The lowest BCUT2D eigenvalue weighted by atomic mass is 10.1. The summed E-state index contributed by atoms with van der Waals surface area (Å²) in [5.41, 5.74) is 2.92. The minimum absolute atomic E-state index is 0.00589. The fourth-order valence-corrected chi connectivity index (χ4v) is 5.42. The van der Waals surface area contributed by atoms with Crippen LogP contribution in [-0.4, -0.2) is 45.6 Å². The van der Waals surface area contributed by atoms with Crippen molar-refractivity contribution in [2.24, 2.45) is 12.0 Å². The van der Waals surface area contributed by atoms with E-state index in [1.165, 1.54) is 22.7 Å². The maximum absolute atomic E-state index is 12.7. The molecule has 1 N–H and O–H groups in total. The molecule has 0 fully saturated rings. The topological polar surface area (TPSA) is 93.8 Å². The second-order valence-corrected chi connectivity index (χ2v) is 9.96. The van der Waals surface area contributed by atoms with Crippen molar-refractivity contribution in [3.05, 3.63) is 75.3 Å². The molecule has 0 saturated heterocycles. The number of methoxy groups -OCH3 is 1. The van der Waals surface area contributed by atoms with Gasteiger partial charge in [-0.1, -0.05) is 0 Å². The molecule has 9 heteroatoms.